The molecule has 8 nitrogen and oxygen atoms in total. The summed E-state index contributed by atoms with van der Waals surface area (Å²) in [5.41, 5.74) is 1.60. The first-order chi connectivity index (χ1) is 18.6. The molecule has 1 saturated heterocycles. The molecule has 0 radical (unpaired) electrons. The molecule has 39 heavy (non-hydrogen) atoms. The number of amides is 4. The first-order valence-electron chi connectivity index (χ1n) is 12.9. The van der Waals surface area contributed by atoms with Gasteiger partial charge < -0.3 is 19.9 Å². The summed E-state index contributed by atoms with van der Waals surface area (Å²) in [6.07, 6.45) is 2.30. The van der Waals surface area contributed by atoms with E-state index in [9.17, 15) is 18.8 Å². The summed E-state index contributed by atoms with van der Waals surface area (Å²) in [6, 6.07) is 11.4. The van der Waals surface area contributed by atoms with Gasteiger partial charge in [0.25, 0.3) is 0 Å². The van der Waals surface area contributed by atoms with Crippen LogP contribution in [0, 0.1) is 11.7 Å². The first kappa shape index (κ1) is 29.3. The highest BCUT2D eigenvalue weighted by Gasteiger charge is 2.42. The Labute approximate surface area is 245 Å². The number of methoxy groups -OCH3 is 1. The van der Waals surface area contributed by atoms with Crippen LogP contribution in [0.3, 0.4) is 0 Å². The second-order valence-corrected chi connectivity index (χ2v) is 12.1. The molecule has 1 N–H and O–H groups in total. The minimum Gasteiger partial charge on any atom is -0.453 e. The van der Waals surface area contributed by atoms with Crippen LogP contribution in [0.5, 0.6) is 0 Å². The number of nitrogens with one attached hydrogen (secondary N) is 1. The van der Waals surface area contributed by atoms with E-state index in [2.05, 4.69) is 37.2 Å². The number of anilines is 1. The molecule has 1 aliphatic heterocycles. The zero-order valence-corrected chi connectivity index (χ0v) is 25.4. The van der Waals surface area contributed by atoms with Gasteiger partial charge in [-0.25, -0.2) is 14.0 Å². The van der Waals surface area contributed by atoms with E-state index in [1.165, 1.54) is 19.2 Å². The predicted octanol–water partition coefficient (Wildman–Crippen LogP) is 5.75. The van der Waals surface area contributed by atoms with Crippen LogP contribution >= 0.6 is 31.9 Å². The number of halogens is 3. The SMILES string of the molecule is COC(=O)NC1CCC(C(=O)N2C[C@@H](N(C)C(=O)N(C)c3cc(Br)cc(Br)c3)[C@H](c3ccc(F)cc3)C2)CC1. The second-order valence-electron chi connectivity index (χ2n) is 10.2. The molecule has 2 aromatic carbocycles. The zero-order valence-electron chi connectivity index (χ0n) is 22.2. The molecule has 0 aromatic heterocycles. The van der Waals surface area contributed by atoms with Gasteiger partial charge in [-0.2, -0.15) is 0 Å². The van der Waals surface area contributed by atoms with Crippen LogP contribution in [0.1, 0.15) is 37.2 Å². The average Bonchev–Trinajstić information content (AvgIpc) is 3.37. The van der Waals surface area contributed by atoms with Gasteiger partial charge >= 0.3 is 12.1 Å². The smallest absolute Gasteiger partial charge is 0.407 e. The molecule has 210 valence electrons. The Morgan fingerprint density at radius 2 is 1.59 bits per heavy atom. The van der Waals surface area contributed by atoms with Crippen LogP contribution < -0.4 is 10.2 Å². The molecule has 0 unspecified atom stereocenters. The Hall–Kier alpha value is -2.66. The topological polar surface area (TPSA) is 82.2 Å². The number of urea groups is 1. The van der Waals surface area contributed by atoms with Gasteiger partial charge in [0.05, 0.1) is 13.2 Å². The number of nitrogens with zero attached hydrogens (tertiary/aromatic N) is 3. The summed E-state index contributed by atoms with van der Waals surface area (Å²) in [5, 5.41) is 2.82. The van der Waals surface area contributed by atoms with Crippen molar-refractivity contribution >= 4 is 55.6 Å². The highest BCUT2D eigenvalue weighted by atomic mass is 79.9. The fourth-order valence-electron chi connectivity index (χ4n) is 5.59. The minimum absolute atomic E-state index is 0.00265. The lowest BCUT2D eigenvalue weighted by Crippen LogP contribution is -2.48. The third-order valence-corrected chi connectivity index (χ3v) is 8.72. The third kappa shape index (κ3) is 6.92. The summed E-state index contributed by atoms with van der Waals surface area (Å²) >= 11 is 6.95. The third-order valence-electron chi connectivity index (χ3n) is 7.80. The minimum atomic E-state index is -0.456. The highest BCUT2D eigenvalue weighted by molar-refractivity contribution is 9.11. The van der Waals surface area contributed by atoms with Crippen LogP contribution in [-0.2, 0) is 9.53 Å². The molecule has 0 spiro atoms. The number of hydrogen-bond acceptors (Lipinski definition) is 4. The fourth-order valence-corrected chi connectivity index (χ4v) is 6.86. The summed E-state index contributed by atoms with van der Waals surface area (Å²) < 4.78 is 20.1. The summed E-state index contributed by atoms with van der Waals surface area (Å²) in [7, 11) is 4.81. The lowest BCUT2D eigenvalue weighted by molar-refractivity contribution is -0.135. The lowest BCUT2D eigenvalue weighted by atomic mass is 9.85. The van der Waals surface area contributed by atoms with Crippen molar-refractivity contribution in [2.45, 2.75) is 43.7 Å². The first-order valence-corrected chi connectivity index (χ1v) is 14.5. The van der Waals surface area contributed by atoms with Crippen molar-refractivity contribution < 1.29 is 23.5 Å². The van der Waals surface area contributed by atoms with Crippen LogP contribution in [0.15, 0.2) is 51.4 Å². The molecule has 0 bridgehead atoms. The van der Waals surface area contributed by atoms with Gasteiger partial charge in [0, 0.05) is 59.7 Å². The Balaban J connectivity index is 1.50. The van der Waals surface area contributed by atoms with Gasteiger partial charge in [-0.15, -0.1) is 0 Å². The summed E-state index contributed by atoms with van der Waals surface area (Å²) in [6.45, 7) is 0.832. The largest absolute Gasteiger partial charge is 0.453 e. The van der Waals surface area contributed by atoms with Crippen molar-refractivity contribution in [3.63, 3.8) is 0 Å². The molecule has 11 heteroatoms. The molecule has 2 atom stereocenters. The Morgan fingerprint density at radius 1 is 0.974 bits per heavy atom. The lowest BCUT2D eigenvalue weighted by Gasteiger charge is -2.33. The maximum Gasteiger partial charge on any atom is 0.407 e. The van der Waals surface area contributed by atoms with E-state index in [1.54, 1.807) is 36.0 Å². The van der Waals surface area contributed by atoms with Gasteiger partial charge in [0.15, 0.2) is 0 Å². The number of likely N-dealkylation sites (N-methyl/N-ethyl adjacent to an activating group) is 1. The highest BCUT2D eigenvalue weighted by Crippen LogP contribution is 2.35. The van der Waals surface area contributed by atoms with E-state index in [1.807, 2.05) is 23.1 Å². The van der Waals surface area contributed by atoms with Gasteiger partial charge in [0.2, 0.25) is 5.91 Å². The summed E-state index contributed by atoms with van der Waals surface area (Å²) in [5.74, 6) is -0.575. The van der Waals surface area contributed by atoms with E-state index >= 15 is 0 Å². The van der Waals surface area contributed by atoms with Crippen molar-refractivity contribution in [3.8, 4) is 0 Å². The van der Waals surface area contributed by atoms with E-state index in [4.69, 9.17) is 4.74 Å². The van der Waals surface area contributed by atoms with Crippen molar-refractivity contribution in [1.82, 2.24) is 15.1 Å². The quantitative estimate of drug-likeness (QED) is 0.441. The molecule has 4 amide bonds. The summed E-state index contributed by atoms with van der Waals surface area (Å²) in [4.78, 5) is 43.9. The number of rotatable bonds is 5. The molecular formula is C28H33Br2FN4O4. The Morgan fingerprint density at radius 3 is 2.18 bits per heavy atom. The predicted molar refractivity (Wildman–Crippen MR) is 154 cm³/mol. The van der Waals surface area contributed by atoms with E-state index in [-0.39, 0.29) is 41.7 Å². The van der Waals surface area contributed by atoms with Crippen molar-refractivity contribution in [2.24, 2.45) is 5.92 Å². The van der Waals surface area contributed by atoms with Crippen LogP contribution in [0.2, 0.25) is 0 Å². The molecular weight excluding hydrogens is 635 g/mol. The number of ether oxygens (including phenoxy) is 1. The zero-order chi connectivity index (χ0) is 28.3. The number of carbonyl (C=O) groups excluding carboxylic acids is 3. The molecule has 2 fully saturated rings. The number of likely N-dealkylation sites (tertiary alicyclic amines) is 1. The van der Waals surface area contributed by atoms with Crippen molar-refractivity contribution in [1.29, 1.82) is 0 Å². The maximum atomic E-state index is 13.7. The van der Waals surface area contributed by atoms with E-state index in [0.29, 0.717) is 38.8 Å². The van der Waals surface area contributed by atoms with Crippen LogP contribution in [0.4, 0.5) is 19.7 Å². The normalized spacial score (nSPS) is 22.8. The number of alkyl carbamates (subject to hydrolysis) is 1. The van der Waals surface area contributed by atoms with Gasteiger partial charge in [-0.05, 0) is 61.6 Å². The fraction of sp³-hybridized carbons (Fsp3) is 0.464. The number of carbonyl (C=O) groups is 3. The van der Waals surface area contributed by atoms with Gasteiger partial charge in [-0.1, -0.05) is 44.0 Å². The van der Waals surface area contributed by atoms with Crippen LogP contribution in [0.25, 0.3) is 0 Å². The number of hydrogen-bond donors (Lipinski definition) is 1. The van der Waals surface area contributed by atoms with Gasteiger partial charge in [0.1, 0.15) is 5.82 Å². The molecule has 2 aromatic rings. The van der Waals surface area contributed by atoms with Gasteiger partial charge in [-0.3, -0.25) is 9.69 Å². The standard InChI is InChI=1S/C28H33Br2FN4O4/c1-33(23-13-19(29)12-20(30)14-23)28(38)34(2)25-16-35(15-24(25)17-4-8-21(31)9-5-17)26(36)18-6-10-22(11-7-18)32-27(37)39-3/h4-5,8-9,12-14,18,22,24-25H,6-7,10-11,15-16H2,1-3H3,(H,32,37)/t18?,22?,24-,25+/m0/s1. The maximum absolute atomic E-state index is 13.7. The van der Waals surface area contributed by atoms with E-state index in [0.717, 1.165) is 20.2 Å². The van der Waals surface area contributed by atoms with Crippen molar-refractivity contribution in [2.75, 3.05) is 39.2 Å². The monoisotopic (exact) mass is 666 g/mol. The van der Waals surface area contributed by atoms with Crippen molar-refractivity contribution in [3.05, 3.63) is 62.8 Å². The Bertz CT molecular complexity index is 1190. The number of benzene rings is 2. The van der Waals surface area contributed by atoms with Crippen LogP contribution in [-0.4, -0.2) is 74.2 Å². The second kappa shape index (κ2) is 12.7. The molecule has 4 rings (SSSR count). The Kier molecular flexibility index (Phi) is 9.53. The molecule has 1 saturated carbocycles. The molecule has 1 heterocycles. The average molecular weight is 668 g/mol. The molecule has 2 aliphatic rings. The van der Waals surface area contributed by atoms with E-state index < -0.39 is 6.09 Å². The molecule has 1 aliphatic carbocycles.